The van der Waals surface area contributed by atoms with Crippen LogP contribution in [0.3, 0.4) is 0 Å². The third-order valence-electron chi connectivity index (χ3n) is 3.09. The van der Waals surface area contributed by atoms with E-state index in [1.165, 1.54) is 12.1 Å². The van der Waals surface area contributed by atoms with Gasteiger partial charge in [0, 0.05) is 19.4 Å². The first-order valence-corrected chi connectivity index (χ1v) is 7.59. The number of hydrogen-bond donors (Lipinski definition) is 2. The molecular weight excluding hydrogens is 294 g/mol. The Bertz CT molecular complexity index is 780. The number of carboxylic acid groups (broad SMARTS) is 1. The van der Waals surface area contributed by atoms with E-state index in [2.05, 4.69) is 9.71 Å². The molecule has 8 heteroatoms. The fraction of sp³-hybridized carbons (Fsp3) is 0.231. The van der Waals surface area contributed by atoms with Crippen molar-refractivity contribution in [1.29, 1.82) is 0 Å². The summed E-state index contributed by atoms with van der Waals surface area (Å²) in [5, 5.41) is 9.04. The number of sulfonamides is 1. The van der Waals surface area contributed by atoms with E-state index in [0.29, 0.717) is 11.4 Å². The summed E-state index contributed by atoms with van der Waals surface area (Å²) in [6.07, 6.45) is 3.27. The molecule has 0 amide bonds. The van der Waals surface area contributed by atoms with Gasteiger partial charge in [0.15, 0.2) is 0 Å². The van der Waals surface area contributed by atoms with Crippen LogP contribution >= 0.6 is 0 Å². The summed E-state index contributed by atoms with van der Waals surface area (Å²) in [7, 11) is -2.04. The Morgan fingerprint density at radius 3 is 2.71 bits per heavy atom. The Labute approximate surface area is 122 Å². The molecule has 0 spiro atoms. The number of carboxylic acids is 1. The summed E-state index contributed by atoms with van der Waals surface area (Å²) in [5.41, 5.74) is 0.473. The topological polar surface area (TPSA) is 101 Å². The van der Waals surface area contributed by atoms with Crippen LogP contribution in [0.2, 0.25) is 0 Å². The van der Waals surface area contributed by atoms with Crippen LogP contribution in [-0.4, -0.2) is 29.0 Å². The molecule has 0 atom stereocenters. The van der Waals surface area contributed by atoms with Crippen LogP contribution in [0.25, 0.3) is 0 Å². The van der Waals surface area contributed by atoms with Gasteiger partial charge in [-0.25, -0.2) is 22.9 Å². The Hall–Kier alpha value is -2.19. The van der Waals surface area contributed by atoms with Crippen molar-refractivity contribution in [3.8, 4) is 0 Å². The molecule has 0 fully saturated rings. The summed E-state index contributed by atoms with van der Waals surface area (Å²) in [6.45, 7) is 1.64. The van der Waals surface area contributed by atoms with Gasteiger partial charge in [-0.05, 0) is 24.6 Å². The average molecular weight is 309 g/mol. The lowest BCUT2D eigenvalue weighted by Crippen LogP contribution is -2.25. The Kier molecular flexibility index (Phi) is 4.10. The van der Waals surface area contributed by atoms with Gasteiger partial charge >= 0.3 is 5.97 Å². The maximum atomic E-state index is 12.2. The molecule has 1 aromatic carbocycles. The zero-order valence-electron chi connectivity index (χ0n) is 11.6. The van der Waals surface area contributed by atoms with Crippen LogP contribution in [0.1, 0.15) is 21.7 Å². The van der Waals surface area contributed by atoms with Crippen molar-refractivity contribution in [2.45, 2.75) is 18.4 Å². The number of aromatic carboxylic acids is 1. The van der Waals surface area contributed by atoms with Crippen molar-refractivity contribution < 1.29 is 18.3 Å². The predicted octanol–water partition coefficient (Wildman–Crippen LogP) is 0.905. The molecule has 2 aromatic rings. The normalized spacial score (nSPS) is 11.5. The molecule has 1 heterocycles. The van der Waals surface area contributed by atoms with Gasteiger partial charge in [-0.1, -0.05) is 6.07 Å². The van der Waals surface area contributed by atoms with Gasteiger partial charge in [-0.15, -0.1) is 0 Å². The molecule has 0 aliphatic rings. The van der Waals surface area contributed by atoms with Gasteiger partial charge in [0.1, 0.15) is 5.82 Å². The van der Waals surface area contributed by atoms with Gasteiger partial charge < -0.3 is 9.67 Å². The maximum absolute atomic E-state index is 12.2. The molecule has 2 N–H and O–H groups in total. The molecule has 0 aliphatic heterocycles. The minimum atomic E-state index is -3.79. The number of nitrogens with one attached hydrogen (secondary N) is 1. The van der Waals surface area contributed by atoms with E-state index >= 15 is 0 Å². The standard InChI is InChI=1S/C13H15N3O4S/c1-9-3-4-10(7-11(9)13(17)18)21(19,20)15-8-12-14-5-6-16(12)2/h3-7,15H,8H2,1-2H3,(H,17,18). The molecule has 1 aromatic heterocycles. The van der Waals surface area contributed by atoms with E-state index in [1.807, 2.05) is 0 Å². The highest BCUT2D eigenvalue weighted by molar-refractivity contribution is 7.89. The quantitative estimate of drug-likeness (QED) is 0.854. The fourth-order valence-corrected chi connectivity index (χ4v) is 2.81. The Morgan fingerprint density at radius 1 is 1.43 bits per heavy atom. The minimum absolute atomic E-state index is 0.0299. The molecule has 0 saturated carbocycles. The summed E-state index contributed by atoms with van der Waals surface area (Å²) in [5.74, 6) is -0.599. The number of carbonyl (C=O) groups is 1. The lowest BCUT2D eigenvalue weighted by atomic mass is 10.1. The van der Waals surface area contributed by atoms with Crippen LogP contribution in [0.5, 0.6) is 0 Å². The largest absolute Gasteiger partial charge is 0.478 e. The van der Waals surface area contributed by atoms with E-state index in [-0.39, 0.29) is 17.0 Å². The summed E-state index contributed by atoms with van der Waals surface area (Å²) < 4.78 is 28.5. The summed E-state index contributed by atoms with van der Waals surface area (Å²) in [6, 6.07) is 4.00. The van der Waals surface area contributed by atoms with Crippen molar-refractivity contribution >= 4 is 16.0 Å². The highest BCUT2D eigenvalue weighted by Gasteiger charge is 2.18. The fourth-order valence-electron chi connectivity index (χ4n) is 1.81. The van der Waals surface area contributed by atoms with Crippen molar-refractivity contribution in [3.63, 3.8) is 0 Å². The second-order valence-corrected chi connectivity index (χ2v) is 6.33. The Morgan fingerprint density at radius 2 is 2.14 bits per heavy atom. The maximum Gasteiger partial charge on any atom is 0.335 e. The van der Waals surface area contributed by atoms with E-state index in [1.54, 1.807) is 30.9 Å². The van der Waals surface area contributed by atoms with Gasteiger partial charge in [-0.2, -0.15) is 0 Å². The highest BCUT2D eigenvalue weighted by Crippen LogP contribution is 2.16. The monoisotopic (exact) mass is 309 g/mol. The third-order valence-corrected chi connectivity index (χ3v) is 4.49. The van der Waals surface area contributed by atoms with Crippen molar-refractivity contribution in [2.24, 2.45) is 7.05 Å². The second kappa shape index (κ2) is 5.66. The summed E-state index contributed by atoms with van der Waals surface area (Å²) in [4.78, 5) is 15.0. The molecule has 112 valence electrons. The molecule has 0 unspecified atom stereocenters. The zero-order valence-corrected chi connectivity index (χ0v) is 12.4. The first-order chi connectivity index (χ1) is 9.81. The number of nitrogens with zero attached hydrogens (tertiary/aromatic N) is 2. The van der Waals surface area contributed by atoms with Crippen LogP contribution in [0.15, 0.2) is 35.5 Å². The van der Waals surface area contributed by atoms with Crippen LogP contribution in [-0.2, 0) is 23.6 Å². The van der Waals surface area contributed by atoms with Crippen LogP contribution < -0.4 is 4.72 Å². The number of hydrogen-bond acceptors (Lipinski definition) is 4. The Balaban J connectivity index is 2.26. The van der Waals surface area contributed by atoms with Gasteiger partial charge in [0.05, 0.1) is 17.0 Å². The van der Waals surface area contributed by atoms with Gasteiger partial charge in [0.2, 0.25) is 10.0 Å². The average Bonchev–Trinajstić information content (AvgIpc) is 2.82. The third kappa shape index (κ3) is 3.29. The molecule has 0 saturated heterocycles. The SMILES string of the molecule is Cc1ccc(S(=O)(=O)NCc2nccn2C)cc1C(=O)O. The molecule has 0 aliphatic carbocycles. The van der Waals surface area contributed by atoms with E-state index in [4.69, 9.17) is 5.11 Å². The molecule has 0 radical (unpaired) electrons. The second-order valence-electron chi connectivity index (χ2n) is 4.56. The lowest BCUT2D eigenvalue weighted by molar-refractivity contribution is 0.0696. The van der Waals surface area contributed by atoms with Crippen LogP contribution in [0.4, 0.5) is 0 Å². The minimum Gasteiger partial charge on any atom is -0.478 e. The van der Waals surface area contributed by atoms with Gasteiger partial charge in [0.25, 0.3) is 0 Å². The van der Waals surface area contributed by atoms with Crippen LogP contribution in [0, 0.1) is 6.92 Å². The number of aromatic nitrogens is 2. The smallest absolute Gasteiger partial charge is 0.335 e. The first kappa shape index (κ1) is 15.2. The van der Waals surface area contributed by atoms with Gasteiger partial charge in [-0.3, -0.25) is 0 Å². The van der Waals surface area contributed by atoms with E-state index in [9.17, 15) is 13.2 Å². The number of benzene rings is 1. The number of aryl methyl sites for hydroxylation is 2. The summed E-state index contributed by atoms with van der Waals surface area (Å²) >= 11 is 0. The molecule has 0 bridgehead atoms. The zero-order chi connectivity index (χ0) is 15.6. The molecule has 21 heavy (non-hydrogen) atoms. The molecule has 2 rings (SSSR count). The van der Waals surface area contributed by atoms with Crippen molar-refractivity contribution in [2.75, 3.05) is 0 Å². The van der Waals surface area contributed by atoms with Crippen molar-refractivity contribution in [3.05, 3.63) is 47.5 Å². The number of rotatable bonds is 5. The van der Waals surface area contributed by atoms with E-state index < -0.39 is 16.0 Å². The first-order valence-electron chi connectivity index (χ1n) is 6.11. The van der Waals surface area contributed by atoms with Crippen molar-refractivity contribution in [1.82, 2.24) is 14.3 Å². The predicted molar refractivity (Wildman–Crippen MR) is 75.4 cm³/mol. The molecule has 7 nitrogen and oxygen atoms in total. The highest BCUT2D eigenvalue weighted by atomic mass is 32.2. The van der Waals surface area contributed by atoms with E-state index in [0.717, 1.165) is 6.07 Å². The lowest BCUT2D eigenvalue weighted by Gasteiger charge is -2.09. The molecular formula is C13H15N3O4S. The number of imidazole rings is 1.